The van der Waals surface area contributed by atoms with E-state index in [1.165, 1.54) is 12.3 Å². The Labute approximate surface area is 97.2 Å². The number of aryl methyl sites for hydroxylation is 1. The summed E-state index contributed by atoms with van der Waals surface area (Å²) in [6.07, 6.45) is 3.37. The summed E-state index contributed by atoms with van der Waals surface area (Å²) < 4.78 is 12.9. The molecule has 0 saturated carbocycles. The second-order valence-electron chi connectivity index (χ2n) is 3.60. The van der Waals surface area contributed by atoms with Crippen molar-refractivity contribution in [3.63, 3.8) is 0 Å². The van der Waals surface area contributed by atoms with E-state index in [1.807, 2.05) is 12.3 Å². The highest BCUT2D eigenvalue weighted by Gasteiger charge is 2.10. The van der Waals surface area contributed by atoms with Gasteiger partial charge in [-0.05, 0) is 18.6 Å². The number of hydrogen-bond acceptors (Lipinski definition) is 4. The molecule has 0 saturated heterocycles. The van der Waals surface area contributed by atoms with Crippen molar-refractivity contribution in [2.24, 2.45) is 5.73 Å². The van der Waals surface area contributed by atoms with Crippen molar-refractivity contribution in [2.75, 3.05) is 0 Å². The molecule has 2 rings (SSSR count). The number of hydrogen-bond donors (Lipinski definition) is 1. The van der Waals surface area contributed by atoms with Gasteiger partial charge in [-0.25, -0.2) is 9.37 Å². The van der Waals surface area contributed by atoms with E-state index in [2.05, 4.69) is 9.97 Å². The average molecular weight is 237 g/mol. The molecule has 2 aromatic rings. The summed E-state index contributed by atoms with van der Waals surface area (Å²) >= 11 is 1.59. The lowest BCUT2D eigenvalue weighted by Crippen LogP contribution is -2.14. The maximum atomic E-state index is 12.9. The van der Waals surface area contributed by atoms with E-state index < -0.39 is 0 Å². The van der Waals surface area contributed by atoms with Crippen molar-refractivity contribution in [1.29, 1.82) is 0 Å². The number of thiazole rings is 1. The van der Waals surface area contributed by atoms with Crippen LogP contribution in [0.15, 0.2) is 23.8 Å². The average Bonchev–Trinajstić information content (AvgIpc) is 2.64. The summed E-state index contributed by atoms with van der Waals surface area (Å²) in [5, 5.41) is 2.99. The molecule has 84 valence electrons. The lowest BCUT2D eigenvalue weighted by Gasteiger charge is -2.09. The van der Waals surface area contributed by atoms with Gasteiger partial charge in [0.15, 0.2) is 0 Å². The van der Waals surface area contributed by atoms with Gasteiger partial charge in [-0.1, -0.05) is 0 Å². The zero-order valence-corrected chi connectivity index (χ0v) is 9.67. The van der Waals surface area contributed by atoms with Crippen LogP contribution < -0.4 is 5.73 Å². The van der Waals surface area contributed by atoms with Gasteiger partial charge in [0.2, 0.25) is 0 Å². The van der Waals surface area contributed by atoms with E-state index in [0.717, 1.165) is 10.7 Å². The van der Waals surface area contributed by atoms with Gasteiger partial charge in [-0.3, -0.25) is 4.98 Å². The molecule has 2 heterocycles. The smallest absolute Gasteiger partial charge is 0.141 e. The molecule has 0 aliphatic rings. The Morgan fingerprint density at radius 2 is 2.31 bits per heavy atom. The Morgan fingerprint density at radius 3 is 2.94 bits per heavy atom. The van der Waals surface area contributed by atoms with Gasteiger partial charge in [0, 0.05) is 24.0 Å². The summed E-state index contributed by atoms with van der Waals surface area (Å²) in [7, 11) is 0. The fourth-order valence-corrected chi connectivity index (χ4v) is 2.10. The van der Waals surface area contributed by atoms with E-state index in [0.29, 0.717) is 12.0 Å². The summed E-state index contributed by atoms with van der Waals surface area (Å²) in [4.78, 5) is 8.10. The number of nitrogens with two attached hydrogens (primary N) is 1. The van der Waals surface area contributed by atoms with E-state index in [-0.39, 0.29) is 11.9 Å². The topological polar surface area (TPSA) is 51.8 Å². The molecule has 0 amide bonds. The monoisotopic (exact) mass is 237 g/mol. The Morgan fingerprint density at radius 1 is 1.50 bits per heavy atom. The van der Waals surface area contributed by atoms with Gasteiger partial charge >= 0.3 is 0 Å². The third-order valence-corrected chi connectivity index (χ3v) is 3.07. The minimum Gasteiger partial charge on any atom is -0.324 e. The van der Waals surface area contributed by atoms with Crippen LogP contribution in [0, 0.1) is 12.7 Å². The number of halogens is 1. The number of aromatic nitrogens is 2. The van der Waals surface area contributed by atoms with Crippen LogP contribution in [0.4, 0.5) is 4.39 Å². The molecule has 1 atom stereocenters. The first-order chi connectivity index (χ1) is 7.65. The molecular formula is C11H12FN3S. The molecular weight excluding hydrogens is 225 g/mol. The Balaban J connectivity index is 2.11. The van der Waals surface area contributed by atoms with Crippen molar-refractivity contribution in [3.8, 4) is 0 Å². The Bertz CT molecular complexity index is 484. The number of rotatable bonds is 3. The second kappa shape index (κ2) is 4.67. The van der Waals surface area contributed by atoms with Crippen molar-refractivity contribution < 1.29 is 4.39 Å². The molecule has 16 heavy (non-hydrogen) atoms. The fourth-order valence-electron chi connectivity index (χ4n) is 1.48. The molecule has 5 heteroatoms. The summed E-state index contributed by atoms with van der Waals surface area (Å²) in [5.74, 6) is -0.359. The van der Waals surface area contributed by atoms with Crippen molar-refractivity contribution >= 4 is 11.3 Å². The first-order valence-electron chi connectivity index (χ1n) is 4.92. The van der Waals surface area contributed by atoms with Crippen LogP contribution in [0.25, 0.3) is 0 Å². The quantitative estimate of drug-likeness (QED) is 0.890. The molecule has 1 unspecified atom stereocenters. The van der Waals surface area contributed by atoms with Gasteiger partial charge in [0.05, 0.1) is 16.9 Å². The third-order valence-electron chi connectivity index (χ3n) is 2.25. The molecule has 2 N–H and O–H groups in total. The van der Waals surface area contributed by atoms with Gasteiger partial charge in [0.25, 0.3) is 0 Å². The minimum absolute atomic E-state index is 0.260. The highest BCUT2D eigenvalue weighted by molar-refractivity contribution is 7.09. The van der Waals surface area contributed by atoms with Crippen LogP contribution in [-0.4, -0.2) is 9.97 Å². The lowest BCUT2D eigenvalue weighted by atomic mass is 10.1. The zero-order chi connectivity index (χ0) is 11.5. The van der Waals surface area contributed by atoms with Crippen molar-refractivity contribution in [2.45, 2.75) is 19.4 Å². The molecule has 0 fully saturated rings. The van der Waals surface area contributed by atoms with Crippen LogP contribution in [0.1, 0.15) is 22.3 Å². The SMILES string of the molecule is Cc1nc(CC(N)c2cncc(F)c2)cs1. The normalized spacial score (nSPS) is 12.7. The highest BCUT2D eigenvalue weighted by atomic mass is 32.1. The molecule has 3 nitrogen and oxygen atoms in total. The van der Waals surface area contributed by atoms with Crippen LogP contribution in [0.5, 0.6) is 0 Å². The fraction of sp³-hybridized carbons (Fsp3) is 0.273. The molecule has 0 aliphatic heterocycles. The summed E-state index contributed by atoms with van der Waals surface area (Å²) in [6, 6.07) is 1.15. The van der Waals surface area contributed by atoms with E-state index in [9.17, 15) is 4.39 Å². The van der Waals surface area contributed by atoms with Crippen molar-refractivity contribution in [1.82, 2.24) is 9.97 Å². The maximum absolute atomic E-state index is 12.9. The van der Waals surface area contributed by atoms with Crippen LogP contribution in [0.2, 0.25) is 0 Å². The lowest BCUT2D eigenvalue weighted by molar-refractivity contribution is 0.609. The van der Waals surface area contributed by atoms with E-state index in [1.54, 1.807) is 17.5 Å². The van der Waals surface area contributed by atoms with Gasteiger partial charge < -0.3 is 5.73 Å². The maximum Gasteiger partial charge on any atom is 0.141 e. The summed E-state index contributed by atoms with van der Waals surface area (Å²) in [5.41, 5.74) is 7.61. The summed E-state index contributed by atoms with van der Waals surface area (Å²) in [6.45, 7) is 1.95. The molecule has 2 aromatic heterocycles. The molecule has 0 aromatic carbocycles. The predicted molar refractivity (Wildman–Crippen MR) is 61.7 cm³/mol. The first-order valence-corrected chi connectivity index (χ1v) is 5.80. The molecule has 0 spiro atoms. The predicted octanol–water partition coefficient (Wildman–Crippen LogP) is 2.23. The van der Waals surface area contributed by atoms with Crippen LogP contribution in [-0.2, 0) is 6.42 Å². The molecule has 0 bridgehead atoms. The van der Waals surface area contributed by atoms with Gasteiger partial charge in [0.1, 0.15) is 5.82 Å². The Kier molecular flexibility index (Phi) is 3.26. The number of pyridine rings is 1. The Hall–Kier alpha value is -1.33. The first kappa shape index (κ1) is 11.2. The van der Waals surface area contributed by atoms with E-state index >= 15 is 0 Å². The van der Waals surface area contributed by atoms with Gasteiger partial charge in [-0.2, -0.15) is 0 Å². The number of nitrogens with zero attached hydrogens (tertiary/aromatic N) is 2. The molecule has 0 radical (unpaired) electrons. The van der Waals surface area contributed by atoms with Crippen LogP contribution in [0.3, 0.4) is 0 Å². The third kappa shape index (κ3) is 2.62. The van der Waals surface area contributed by atoms with Crippen molar-refractivity contribution in [3.05, 3.63) is 45.9 Å². The second-order valence-corrected chi connectivity index (χ2v) is 4.67. The minimum atomic E-state index is -0.359. The van der Waals surface area contributed by atoms with Crippen LogP contribution >= 0.6 is 11.3 Å². The standard InChI is InChI=1S/C11H12FN3S/c1-7-15-10(6-16-7)3-11(13)8-2-9(12)5-14-4-8/h2,4-6,11H,3,13H2,1H3. The van der Waals surface area contributed by atoms with Gasteiger partial charge in [-0.15, -0.1) is 11.3 Å². The largest absolute Gasteiger partial charge is 0.324 e. The highest BCUT2D eigenvalue weighted by Crippen LogP contribution is 2.17. The molecule has 0 aliphatic carbocycles. The van der Waals surface area contributed by atoms with E-state index in [4.69, 9.17) is 5.73 Å². The zero-order valence-electron chi connectivity index (χ0n) is 8.85.